The molecular formula is C11H13N3O2S. The second-order valence-corrected chi connectivity index (χ2v) is 4.44. The minimum absolute atomic E-state index is 0.414. The molecule has 0 saturated heterocycles. The van der Waals surface area contributed by atoms with Crippen molar-refractivity contribution < 1.29 is 9.90 Å². The lowest BCUT2D eigenvalue weighted by molar-refractivity contribution is 0.0701. The van der Waals surface area contributed by atoms with Crippen molar-refractivity contribution in [1.82, 2.24) is 15.1 Å². The predicted octanol–water partition coefficient (Wildman–Crippen LogP) is 1.43. The molecule has 0 aliphatic carbocycles. The smallest absolute Gasteiger partial charge is 0.346 e. The van der Waals surface area contributed by atoms with Gasteiger partial charge in [-0.2, -0.15) is 5.10 Å². The first-order valence-electron chi connectivity index (χ1n) is 5.25. The number of nitrogens with zero attached hydrogens (tertiary/aromatic N) is 2. The fraction of sp³-hybridized carbons (Fsp3) is 0.273. The highest BCUT2D eigenvalue weighted by atomic mass is 32.1. The van der Waals surface area contributed by atoms with Crippen LogP contribution in [0.25, 0.3) is 0 Å². The Bertz CT molecular complexity index is 479. The summed E-state index contributed by atoms with van der Waals surface area (Å²) in [6.45, 7) is 2.11. The van der Waals surface area contributed by atoms with E-state index in [-0.39, 0.29) is 0 Å². The first kappa shape index (κ1) is 11.8. The van der Waals surface area contributed by atoms with Gasteiger partial charge in [0.15, 0.2) is 0 Å². The number of rotatable bonds is 6. The van der Waals surface area contributed by atoms with E-state index in [1.54, 1.807) is 11.6 Å². The second kappa shape index (κ2) is 5.60. The lowest BCUT2D eigenvalue weighted by Crippen LogP contribution is -2.20. The number of hydrogen-bond acceptors (Lipinski definition) is 4. The largest absolute Gasteiger partial charge is 0.477 e. The fourth-order valence-corrected chi connectivity index (χ4v) is 2.27. The highest BCUT2D eigenvalue weighted by Crippen LogP contribution is 2.16. The van der Waals surface area contributed by atoms with E-state index >= 15 is 0 Å². The van der Waals surface area contributed by atoms with Crippen LogP contribution in [0.1, 0.15) is 15.2 Å². The maximum absolute atomic E-state index is 10.9. The molecule has 0 bridgehead atoms. The van der Waals surface area contributed by atoms with Gasteiger partial charge in [0.25, 0.3) is 0 Å². The topological polar surface area (TPSA) is 67.2 Å². The summed E-state index contributed by atoms with van der Waals surface area (Å²) in [5.74, 6) is -0.858. The molecule has 6 heteroatoms. The zero-order valence-electron chi connectivity index (χ0n) is 9.17. The summed E-state index contributed by atoms with van der Waals surface area (Å²) < 4.78 is 1.83. The van der Waals surface area contributed by atoms with Crippen molar-refractivity contribution in [2.75, 3.05) is 6.54 Å². The van der Waals surface area contributed by atoms with Gasteiger partial charge in [0, 0.05) is 25.5 Å². The van der Waals surface area contributed by atoms with Crippen molar-refractivity contribution in [1.29, 1.82) is 0 Å². The zero-order chi connectivity index (χ0) is 12.1. The van der Waals surface area contributed by atoms with Gasteiger partial charge in [-0.15, -0.1) is 11.3 Å². The molecule has 17 heavy (non-hydrogen) atoms. The normalized spacial score (nSPS) is 10.6. The molecule has 2 N–H and O–H groups in total. The number of aromatic nitrogens is 2. The van der Waals surface area contributed by atoms with Crippen molar-refractivity contribution in [3.63, 3.8) is 0 Å². The first-order chi connectivity index (χ1) is 8.27. The Balaban J connectivity index is 1.78. The van der Waals surface area contributed by atoms with E-state index in [9.17, 15) is 4.79 Å². The predicted molar refractivity (Wildman–Crippen MR) is 65.2 cm³/mol. The van der Waals surface area contributed by atoms with Crippen LogP contribution in [-0.2, 0) is 13.1 Å². The van der Waals surface area contributed by atoms with Gasteiger partial charge in [0.2, 0.25) is 0 Å². The van der Waals surface area contributed by atoms with E-state index in [4.69, 9.17) is 5.11 Å². The van der Waals surface area contributed by atoms with Crippen molar-refractivity contribution in [2.45, 2.75) is 13.1 Å². The molecule has 90 valence electrons. The van der Waals surface area contributed by atoms with E-state index in [0.29, 0.717) is 11.4 Å². The summed E-state index contributed by atoms with van der Waals surface area (Å²) in [4.78, 5) is 11.3. The van der Waals surface area contributed by atoms with Gasteiger partial charge < -0.3 is 10.4 Å². The molecule has 2 rings (SSSR count). The minimum Gasteiger partial charge on any atom is -0.477 e. The molecule has 0 aromatic carbocycles. The molecule has 0 unspecified atom stereocenters. The van der Waals surface area contributed by atoms with E-state index in [1.165, 1.54) is 11.3 Å². The van der Waals surface area contributed by atoms with Gasteiger partial charge >= 0.3 is 5.97 Å². The number of hydrogen-bond donors (Lipinski definition) is 2. The van der Waals surface area contributed by atoms with Crippen LogP contribution in [0.3, 0.4) is 0 Å². The number of carbonyl (C=O) groups is 1. The molecule has 0 radical (unpaired) electrons. The summed E-state index contributed by atoms with van der Waals surface area (Å²) in [5, 5.41) is 18.0. The highest BCUT2D eigenvalue weighted by molar-refractivity contribution is 7.12. The Morgan fingerprint density at radius 1 is 1.59 bits per heavy atom. The quantitative estimate of drug-likeness (QED) is 0.762. The summed E-state index contributed by atoms with van der Waals surface area (Å²) in [6, 6.07) is 3.72. The zero-order valence-corrected chi connectivity index (χ0v) is 9.98. The van der Waals surface area contributed by atoms with Gasteiger partial charge in [-0.05, 0) is 23.1 Å². The molecule has 2 aromatic rings. The Hall–Kier alpha value is -1.66. The van der Waals surface area contributed by atoms with Crippen LogP contribution in [-0.4, -0.2) is 27.4 Å². The minimum atomic E-state index is -0.858. The molecule has 0 fully saturated rings. The third kappa shape index (κ3) is 3.15. The van der Waals surface area contributed by atoms with Gasteiger partial charge in [-0.1, -0.05) is 0 Å². The monoisotopic (exact) mass is 251 g/mol. The van der Waals surface area contributed by atoms with Crippen LogP contribution in [0.15, 0.2) is 29.9 Å². The number of aromatic carboxylic acids is 1. The molecule has 2 heterocycles. The third-order valence-corrected chi connectivity index (χ3v) is 3.28. The molecule has 0 aliphatic heterocycles. The van der Waals surface area contributed by atoms with Crippen LogP contribution < -0.4 is 5.32 Å². The number of nitrogens with one attached hydrogen (secondary N) is 1. The van der Waals surface area contributed by atoms with Crippen molar-refractivity contribution >= 4 is 17.3 Å². The third-order valence-electron chi connectivity index (χ3n) is 2.33. The van der Waals surface area contributed by atoms with Crippen LogP contribution >= 0.6 is 11.3 Å². The molecule has 0 saturated carbocycles. The first-order valence-corrected chi connectivity index (χ1v) is 6.13. The van der Waals surface area contributed by atoms with E-state index in [0.717, 1.165) is 18.7 Å². The lowest BCUT2D eigenvalue weighted by atomic mass is 10.2. The summed E-state index contributed by atoms with van der Waals surface area (Å²) >= 11 is 1.26. The average molecular weight is 251 g/mol. The van der Waals surface area contributed by atoms with Gasteiger partial charge in [0.1, 0.15) is 4.88 Å². The van der Waals surface area contributed by atoms with E-state index in [1.807, 2.05) is 23.0 Å². The summed E-state index contributed by atoms with van der Waals surface area (Å²) in [5.41, 5.74) is 0.836. The van der Waals surface area contributed by atoms with Crippen molar-refractivity contribution in [3.05, 3.63) is 40.3 Å². The molecule has 0 amide bonds. The lowest BCUT2D eigenvalue weighted by Gasteiger charge is -2.04. The van der Waals surface area contributed by atoms with Gasteiger partial charge in [-0.3, -0.25) is 4.68 Å². The summed E-state index contributed by atoms with van der Waals surface area (Å²) in [7, 11) is 0. The van der Waals surface area contributed by atoms with Crippen LogP contribution in [0.4, 0.5) is 0 Å². The summed E-state index contributed by atoms with van der Waals surface area (Å²) in [6.07, 6.45) is 3.64. The van der Waals surface area contributed by atoms with E-state index < -0.39 is 5.97 Å². The average Bonchev–Trinajstić information content (AvgIpc) is 2.95. The molecule has 2 aromatic heterocycles. The Kier molecular flexibility index (Phi) is 3.89. The van der Waals surface area contributed by atoms with Crippen LogP contribution in [0.5, 0.6) is 0 Å². The Morgan fingerprint density at radius 3 is 3.18 bits per heavy atom. The number of carboxylic acids is 1. The molecule has 0 spiro atoms. The van der Waals surface area contributed by atoms with Crippen molar-refractivity contribution in [2.24, 2.45) is 0 Å². The Morgan fingerprint density at radius 2 is 2.47 bits per heavy atom. The van der Waals surface area contributed by atoms with E-state index in [2.05, 4.69) is 10.4 Å². The van der Waals surface area contributed by atoms with Crippen LogP contribution in [0.2, 0.25) is 0 Å². The van der Waals surface area contributed by atoms with Crippen LogP contribution in [0, 0.1) is 0 Å². The SMILES string of the molecule is O=C(O)c1sccc1CNCCn1cccn1. The fourth-order valence-electron chi connectivity index (χ4n) is 1.51. The van der Waals surface area contributed by atoms with Gasteiger partial charge in [0.05, 0.1) is 6.54 Å². The number of carboxylic acid groups (broad SMARTS) is 1. The van der Waals surface area contributed by atoms with Crippen molar-refractivity contribution in [3.8, 4) is 0 Å². The maximum Gasteiger partial charge on any atom is 0.346 e. The molecule has 0 atom stereocenters. The number of thiophene rings is 1. The van der Waals surface area contributed by atoms with Gasteiger partial charge in [-0.25, -0.2) is 4.79 Å². The second-order valence-electron chi connectivity index (χ2n) is 3.53. The molecular weight excluding hydrogens is 238 g/mol. The molecule has 0 aliphatic rings. The maximum atomic E-state index is 10.9. The Labute approximate surface area is 103 Å². The highest BCUT2D eigenvalue weighted by Gasteiger charge is 2.10. The molecule has 5 nitrogen and oxygen atoms in total. The standard InChI is InChI=1S/C11H13N3O2S/c15-11(16)10-9(2-7-17-10)8-12-4-6-14-5-1-3-13-14/h1-3,5,7,12H,4,6,8H2,(H,15,16).